The highest BCUT2D eigenvalue weighted by Gasteiger charge is 2.20. The second-order valence-electron chi connectivity index (χ2n) is 13.0. The van der Waals surface area contributed by atoms with Crippen LogP contribution in [0.1, 0.15) is 0 Å². The summed E-state index contributed by atoms with van der Waals surface area (Å²) in [6.45, 7) is 0. The fraction of sp³-hybridized carbons (Fsp3) is 0. The monoisotopic (exact) mass is 637 g/mol. The molecule has 0 amide bonds. The molecule has 0 fully saturated rings. The van der Waals surface area contributed by atoms with Crippen LogP contribution in [0.4, 0.5) is 17.1 Å². The Morgan fingerprint density at radius 2 is 0.840 bits per heavy atom. The molecule has 10 rings (SSSR count). The Kier molecular flexibility index (Phi) is 6.53. The van der Waals surface area contributed by atoms with Crippen molar-refractivity contribution in [2.45, 2.75) is 0 Å². The van der Waals surface area contributed by atoms with E-state index in [1.54, 1.807) is 0 Å². The maximum Gasteiger partial charge on any atom is 0.137 e. The molecule has 2 heteroatoms. The van der Waals surface area contributed by atoms with Gasteiger partial charge >= 0.3 is 0 Å². The van der Waals surface area contributed by atoms with Crippen molar-refractivity contribution in [3.63, 3.8) is 0 Å². The van der Waals surface area contributed by atoms with Gasteiger partial charge in [0.25, 0.3) is 0 Å². The second kappa shape index (κ2) is 11.5. The molecule has 50 heavy (non-hydrogen) atoms. The lowest BCUT2D eigenvalue weighted by atomic mass is 9.96. The van der Waals surface area contributed by atoms with Gasteiger partial charge in [-0.15, -0.1) is 0 Å². The molecule has 0 aliphatic rings. The smallest absolute Gasteiger partial charge is 0.137 e. The maximum atomic E-state index is 6.35. The summed E-state index contributed by atoms with van der Waals surface area (Å²) in [6.07, 6.45) is 0. The number of nitrogens with zero attached hydrogens (tertiary/aromatic N) is 1. The summed E-state index contributed by atoms with van der Waals surface area (Å²) in [5, 5.41) is 9.51. The molecular weight excluding hydrogens is 607 g/mol. The molecule has 0 saturated heterocycles. The highest BCUT2D eigenvalue weighted by atomic mass is 16.3. The average Bonchev–Trinajstić information content (AvgIpc) is 3.57. The van der Waals surface area contributed by atoms with Crippen LogP contribution in [0.5, 0.6) is 0 Å². The van der Waals surface area contributed by atoms with Gasteiger partial charge in [-0.05, 0) is 115 Å². The average molecular weight is 638 g/mol. The lowest BCUT2D eigenvalue weighted by Gasteiger charge is -2.27. The summed E-state index contributed by atoms with van der Waals surface area (Å²) >= 11 is 0. The molecule has 1 aromatic heterocycles. The van der Waals surface area contributed by atoms with Gasteiger partial charge in [0.05, 0.1) is 11.1 Å². The molecule has 9 aromatic carbocycles. The number of para-hydroxylation sites is 1. The van der Waals surface area contributed by atoms with Crippen molar-refractivity contribution in [2.75, 3.05) is 4.90 Å². The molecule has 2 nitrogen and oxygen atoms in total. The molecule has 0 N–H and O–H groups in total. The van der Waals surface area contributed by atoms with Crippen LogP contribution in [0.2, 0.25) is 0 Å². The number of benzene rings is 9. The van der Waals surface area contributed by atoms with Crippen molar-refractivity contribution in [3.05, 3.63) is 188 Å². The molecule has 0 saturated carbocycles. The number of hydrogen-bond donors (Lipinski definition) is 0. The van der Waals surface area contributed by atoms with Crippen LogP contribution in [0.25, 0.3) is 76.5 Å². The number of rotatable bonds is 5. The topological polar surface area (TPSA) is 16.4 Å². The minimum absolute atomic E-state index is 0.879. The normalized spacial score (nSPS) is 11.6. The third kappa shape index (κ3) is 4.81. The van der Waals surface area contributed by atoms with E-state index in [1.165, 1.54) is 54.6 Å². The van der Waals surface area contributed by atoms with E-state index in [0.717, 1.165) is 39.0 Å². The highest BCUT2D eigenvalue weighted by Crippen LogP contribution is 2.44. The standard InChI is InChI=1S/C48H31NO/c1-2-9-32(10-3-1)36-19-20-38-28-39(22-21-37(38)27-36)40-18-17-34-24-26-43(31-41(34)29-40)49(42-25-23-33-11-4-5-12-35(33)30-42)45-14-8-16-47-48(45)44-13-6-7-15-46(44)50-47/h1-31H. The third-order valence-corrected chi connectivity index (χ3v) is 9.98. The zero-order valence-corrected chi connectivity index (χ0v) is 27.3. The first-order chi connectivity index (χ1) is 24.7. The van der Waals surface area contributed by atoms with Crippen LogP contribution in [0, 0.1) is 0 Å². The minimum Gasteiger partial charge on any atom is -0.456 e. The van der Waals surface area contributed by atoms with E-state index >= 15 is 0 Å². The first-order valence-electron chi connectivity index (χ1n) is 17.1. The molecule has 0 aliphatic heterocycles. The summed E-state index contributed by atoms with van der Waals surface area (Å²) in [5.74, 6) is 0. The largest absolute Gasteiger partial charge is 0.456 e. The Morgan fingerprint density at radius 3 is 1.60 bits per heavy atom. The molecule has 234 valence electrons. The predicted octanol–water partition coefficient (Wildman–Crippen LogP) is 13.8. The van der Waals surface area contributed by atoms with E-state index in [4.69, 9.17) is 4.42 Å². The zero-order valence-electron chi connectivity index (χ0n) is 27.3. The van der Waals surface area contributed by atoms with E-state index in [-0.39, 0.29) is 0 Å². The molecule has 0 aliphatic carbocycles. The summed E-state index contributed by atoms with van der Waals surface area (Å²) < 4.78 is 6.35. The van der Waals surface area contributed by atoms with Crippen molar-refractivity contribution in [1.29, 1.82) is 0 Å². The SMILES string of the molecule is c1ccc(-c2ccc3cc(-c4ccc5ccc(N(c6ccc7ccccc7c6)c6cccc7oc8ccccc8c67)cc5c4)ccc3c2)cc1. The van der Waals surface area contributed by atoms with Gasteiger partial charge in [0.2, 0.25) is 0 Å². The minimum atomic E-state index is 0.879. The molecule has 10 aromatic rings. The van der Waals surface area contributed by atoms with Crippen LogP contribution in [0.3, 0.4) is 0 Å². The number of furan rings is 1. The molecule has 0 spiro atoms. The summed E-state index contributed by atoms with van der Waals surface area (Å²) in [6, 6.07) is 67.7. The Morgan fingerprint density at radius 1 is 0.320 bits per heavy atom. The molecule has 0 unspecified atom stereocenters. The van der Waals surface area contributed by atoms with Crippen molar-refractivity contribution < 1.29 is 4.42 Å². The second-order valence-corrected chi connectivity index (χ2v) is 13.0. The Bertz CT molecular complexity index is 2880. The van der Waals surface area contributed by atoms with Gasteiger partial charge in [-0.25, -0.2) is 0 Å². The van der Waals surface area contributed by atoms with Crippen molar-refractivity contribution in [1.82, 2.24) is 0 Å². The lowest BCUT2D eigenvalue weighted by Crippen LogP contribution is -2.10. The quantitative estimate of drug-likeness (QED) is 0.187. The summed E-state index contributed by atoms with van der Waals surface area (Å²) in [4.78, 5) is 2.38. The molecule has 1 heterocycles. The van der Waals surface area contributed by atoms with Crippen LogP contribution in [0.15, 0.2) is 192 Å². The van der Waals surface area contributed by atoms with Gasteiger partial charge in [0, 0.05) is 16.8 Å². The van der Waals surface area contributed by atoms with Gasteiger partial charge < -0.3 is 9.32 Å². The Balaban J connectivity index is 1.12. The van der Waals surface area contributed by atoms with E-state index in [2.05, 4.69) is 181 Å². The van der Waals surface area contributed by atoms with E-state index in [9.17, 15) is 0 Å². The molecular formula is C48H31NO. The summed E-state index contributed by atoms with van der Waals surface area (Å²) in [7, 11) is 0. The lowest BCUT2D eigenvalue weighted by molar-refractivity contribution is 0.669. The maximum absolute atomic E-state index is 6.35. The highest BCUT2D eigenvalue weighted by molar-refractivity contribution is 6.13. The Labute approximate surface area is 290 Å². The fourth-order valence-corrected chi connectivity index (χ4v) is 7.47. The molecule has 0 bridgehead atoms. The van der Waals surface area contributed by atoms with Crippen LogP contribution in [-0.4, -0.2) is 0 Å². The summed E-state index contributed by atoms with van der Waals surface area (Å²) in [5.41, 5.74) is 9.92. The first-order valence-corrected chi connectivity index (χ1v) is 17.1. The van der Waals surface area contributed by atoms with Crippen molar-refractivity contribution >= 4 is 71.3 Å². The third-order valence-electron chi connectivity index (χ3n) is 9.98. The number of anilines is 3. The van der Waals surface area contributed by atoms with Crippen LogP contribution < -0.4 is 4.90 Å². The van der Waals surface area contributed by atoms with Gasteiger partial charge in [0.15, 0.2) is 0 Å². The Hall–Kier alpha value is -6.64. The fourth-order valence-electron chi connectivity index (χ4n) is 7.47. The number of fused-ring (bicyclic) bond motifs is 6. The van der Waals surface area contributed by atoms with E-state index in [0.29, 0.717) is 0 Å². The van der Waals surface area contributed by atoms with Gasteiger partial charge in [-0.3, -0.25) is 0 Å². The van der Waals surface area contributed by atoms with Crippen LogP contribution in [-0.2, 0) is 0 Å². The molecule has 0 atom stereocenters. The molecule has 0 radical (unpaired) electrons. The van der Waals surface area contributed by atoms with Gasteiger partial charge in [-0.2, -0.15) is 0 Å². The van der Waals surface area contributed by atoms with Crippen molar-refractivity contribution in [3.8, 4) is 22.3 Å². The number of hydrogen-bond acceptors (Lipinski definition) is 2. The van der Waals surface area contributed by atoms with Crippen LogP contribution >= 0.6 is 0 Å². The van der Waals surface area contributed by atoms with Gasteiger partial charge in [-0.1, -0.05) is 127 Å². The van der Waals surface area contributed by atoms with Gasteiger partial charge in [0.1, 0.15) is 11.2 Å². The zero-order chi connectivity index (χ0) is 33.0. The van der Waals surface area contributed by atoms with Crippen molar-refractivity contribution in [2.24, 2.45) is 0 Å². The van der Waals surface area contributed by atoms with E-state index in [1.807, 2.05) is 12.1 Å². The predicted molar refractivity (Wildman–Crippen MR) is 212 cm³/mol. The first kappa shape index (κ1) is 28.4. The van der Waals surface area contributed by atoms with E-state index < -0.39 is 0 Å².